The van der Waals surface area contributed by atoms with E-state index < -0.39 is 0 Å². The molecule has 1 aromatic carbocycles. The van der Waals surface area contributed by atoms with Gasteiger partial charge in [-0.05, 0) is 32.9 Å². The molecule has 124 valence electrons. The summed E-state index contributed by atoms with van der Waals surface area (Å²) in [6, 6.07) is 5.25. The van der Waals surface area contributed by atoms with Crippen LogP contribution in [0.3, 0.4) is 0 Å². The molecule has 0 saturated heterocycles. The number of nitrogens with one attached hydrogen (secondary N) is 1. The van der Waals surface area contributed by atoms with Gasteiger partial charge in [-0.25, -0.2) is 0 Å². The average Bonchev–Trinajstić information content (AvgIpc) is 2.75. The second kappa shape index (κ2) is 7.37. The van der Waals surface area contributed by atoms with Gasteiger partial charge in [0.15, 0.2) is 11.5 Å². The fourth-order valence-electron chi connectivity index (χ4n) is 2.21. The van der Waals surface area contributed by atoms with Gasteiger partial charge in [0.2, 0.25) is 0 Å². The van der Waals surface area contributed by atoms with Crippen LogP contribution in [0.2, 0.25) is 5.15 Å². The smallest absolute Gasteiger partial charge is 0.260 e. The lowest BCUT2D eigenvalue weighted by Crippen LogP contribution is -2.13. The molecule has 0 fully saturated rings. The third-order valence-electron chi connectivity index (χ3n) is 3.18. The van der Waals surface area contributed by atoms with Crippen LogP contribution in [0, 0.1) is 6.92 Å². The maximum absolute atomic E-state index is 12.4. The maximum Gasteiger partial charge on any atom is 0.260 e. The molecule has 6 nitrogen and oxygen atoms in total. The van der Waals surface area contributed by atoms with Gasteiger partial charge in [-0.15, -0.1) is 0 Å². The maximum atomic E-state index is 12.4. The standard InChI is InChI=1S/C16H20ClN3O3/c1-5-22-12-8-7-11(9-13(12)23-6-2)18-16(21)14-10(3)19-20(4)15(14)17/h7-9H,5-6H2,1-4H3,(H,18,21). The molecule has 0 aliphatic carbocycles. The first-order valence-corrected chi connectivity index (χ1v) is 7.75. The van der Waals surface area contributed by atoms with Gasteiger partial charge in [-0.2, -0.15) is 5.10 Å². The van der Waals surface area contributed by atoms with Crippen molar-refractivity contribution in [1.29, 1.82) is 0 Å². The van der Waals surface area contributed by atoms with Crippen LogP contribution >= 0.6 is 11.6 Å². The number of benzene rings is 1. The summed E-state index contributed by atoms with van der Waals surface area (Å²) in [6.07, 6.45) is 0. The summed E-state index contributed by atoms with van der Waals surface area (Å²) in [5, 5.41) is 7.25. The topological polar surface area (TPSA) is 65.4 Å². The lowest BCUT2D eigenvalue weighted by Gasteiger charge is -2.13. The molecule has 0 atom stereocenters. The number of halogens is 1. The van der Waals surface area contributed by atoms with E-state index >= 15 is 0 Å². The molecule has 23 heavy (non-hydrogen) atoms. The SMILES string of the molecule is CCOc1ccc(NC(=O)c2c(C)nn(C)c2Cl)cc1OCC. The van der Waals surface area contributed by atoms with Crippen LogP contribution in [0.4, 0.5) is 5.69 Å². The molecule has 1 amide bonds. The summed E-state index contributed by atoms with van der Waals surface area (Å²) in [5.41, 5.74) is 1.54. The third-order valence-corrected chi connectivity index (χ3v) is 3.61. The Morgan fingerprint density at radius 3 is 2.48 bits per heavy atom. The van der Waals surface area contributed by atoms with Crippen molar-refractivity contribution in [3.8, 4) is 11.5 Å². The summed E-state index contributed by atoms with van der Waals surface area (Å²) >= 11 is 6.12. The number of hydrogen-bond acceptors (Lipinski definition) is 4. The largest absolute Gasteiger partial charge is 0.490 e. The van der Waals surface area contributed by atoms with Crippen molar-refractivity contribution in [2.75, 3.05) is 18.5 Å². The van der Waals surface area contributed by atoms with Gasteiger partial charge in [-0.3, -0.25) is 9.48 Å². The Balaban J connectivity index is 2.25. The fraction of sp³-hybridized carbons (Fsp3) is 0.375. The van der Waals surface area contributed by atoms with Crippen molar-refractivity contribution in [3.05, 3.63) is 34.6 Å². The molecule has 0 aliphatic rings. The second-order valence-corrected chi connectivity index (χ2v) is 5.21. The van der Waals surface area contributed by atoms with Crippen LogP contribution in [-0.2, 0) is 7.05 Å². The van der Waals surface area contributed by atoms with Gasteiger partial charge in [0, 0.05) is 18.8 Å². The zero-order valence-electron chi connectivity index (χ0n) is 13.6. The molecule has 1 heterocycles. The van der Waals surface area contributed by atoms with Crippen LogP contribution in [0.15, 0.2) is 18.2 Å². The number of carbonyl (C=O) groups excluding carboxylic acids is 1. The fourth-order valence-corrected chi connectivity index (χ4v) is 2.47. The first-order chi connectivity index (χ1) is 11.0. The quantitative estimate of drug-likeness (QED) is 0.877. The van der Waals surface area contributed by atoms with Crippen LogP contribution in [-0.4, -0.2) is 28.9 Å². The Bertz CT molecular complexity index is 713. The van der Waals surface area contributed by atoms with Crippen LogP contribution < -0.4 is 14.8 Å². The third kappa shape index (κ3) is 3.76. The Kier molecular flexibility index (Phi) is 5.50. The van der Waals surface area contributed by atoms with E-state index in [0.717, 1.165) is 0 Å². The number of aromatic nitrogens is 2. The molecule has 0 radical (unpaired) electrons. The summed E-state index contributed by atoms with van der Waals surface area (Å²) in [4.78, 5) is 12.4. The predicted octanol–water partition coefficient (Wildman–Crippen LogP) is 3.43. The lowest BCUT2D eigenvalue weighted by molar-refractivity contribution is 0.102. The predicted molar refractivity (Wildman–Crippen MR) is 89.7 cm³/mol. The first-order valence-electron chi connectivity index (χ1n) is 7.38. The molecule has 1 aromatic heterocycles. The highest BCUT2D eigenvalue weighted by Gasteiger charge is 2.19. The van der Waals surface area contributed by atoms with Gasteiger partial charge < -0.3 is 14.8 Å². The Morgan fingerprint density at radius 2 is 1.91 bits per heavy atom. The summed E-state index contributed by atoms with van der Waals surface area (Å²) in [7, 11) is 1.69. The van der Waals surface area contributed by atoms with Crippen LogP contribution in [0.5, 0.6) is 11.5 Å². The van der Waals surface area contributed by atoms with E-state index in [1.165, 1.54) is 4.68 Å². The Hall–Kier alpha value is -2.21. The minimum Gasteiger partial charge on any atom is -0.490 e. The van der Waals surface area contributed by atoms with Crippen molar-refractivity contribution in [2.24, 2.45) is 7.05 Å². The molecule has 0 aliphatic heterocycles. The zero-order chi connectivity index (χ0) is 17.0. The number of amides is 1. The number of hydrogen-bond donors (Lipinski definition) is 1. The molecular weight excluding hydrogens is 318 g/mol. The molecule has 2 aromatic rings. The van der Waals surface area contributed by atoms with E-state index in [1.807, 2.05) is 13.8 Å². The summed E-state index contributed by atoms with van der Waals surface area (Å²) in [5.74, 6) is 0.913. The number of ether oxygens (including phenoxy) is 2. The highest BCUT2D eigenvalue weighted by molar-refractivity contribution is 6.33. The lowest BCUT2D eigenvalue weighted by atomic mass is 10.2. The number of rotatable bonds is 6. The number of anilines is 1. The van der Waals surface area contributed by atoms with Crippen LogP contribution in [0.1, 0.15) is 29.9 Å². The highest BCUT2D eigenvalue weighted by atomic mass is 35.5. The van der Waals surface area contributed by atoms with E-state index in [1.54, 1.807) is 32.2 Å². The van der Waals surface area contributed by atoms with Gasteiger partial charge in [0.05, 0.1) is 24.5 Å². The van der Waals surface area contributed by atoms with E-state index in [4.69, 9.17) is 21.1 Å². The molecule has 0 bridgehead atoms. The molecule has 0 unspecified atom stereocenters. The molecular formula is C16H20ClN3O3. The van der Waals surface area contributed by atoms with Gasteiger partial charge in [0.25, 0.3) is 5.91 Å². The van der Waals surface area contributed by atoms with Crippen molar-refractivity contribution < 1.29 is 14.3 Å². The second-order valence-electron chi connectivity index (χ2n) is 4.86. The van der Waals surface area contributed by atoms with Crippen LogP contribution in [0.25, 0.3) is 0 Å². The van der Waals surface area contributed by atoms with E-state index in [0.29, 0.717) is 46.8 Å². The number of aryl methyl sites for hydroxylation is 2. The van der Waals surface area contributed by atoms with Crippen molar-refractivity contribution in [2.45, 2.75) is 20.8 Å². The summed E-state index contributed by atoms with van der Waals surface area (Å²) in [6.45, 7) is 6.57. The molecule has 7 heteroatoms. The molecule has 0 saturated carbocycles. The zero-order valence-corrected chi connectivity index (χ0v) is 14.4. The van der Waals surface area contributed by atoms with Gasteiger partial charge in [-0.1, -0.05) is 11.6 Å². The van der Waals surface area contributed by atoms with E-state index in [-0.39, 0.29) is 5.91 Å². The summed E-state index contributed by atoms with van der Waals surface area (Å²) < 4.78 is 12.5. The van der Waals surface area contributed by atoms with Gasteiger partial charge in [0.1, 0.15) is 5.15 Å². The minimum atomic E-state index is -0.313. The molecule has 0 spiro atoms. The van der Waals surface area contributed by atoms with E-state index in [9.17, 15) is 4.79 Å². The normalized spacial score (nSPS) is 10.5. The minimum absolute atomic E-state index is 0.302. The molecule has 1 N–H and O–H groups in total. The number of carbonyl (C=O) groups is 1. The molecule has 2 rings (SSSR count). The van der Waals surface area contributed by atoms with Crippen molar-refractivity contribution >= 4 is 23.2 Å². The van der Waals surface area contributed by atoms with Gasteiger partial charge >= 0.3 is 0 Å². The monoisotopic (exact) mass is 337 g/mol. The first kappa shape index (κ1) is 17.1. The number of nitrogens with zero attached hydrogens (tertiary/aromatic N) is 2. The Morgan fingerprint density at radius 1 is 1.26 bits per heavy atom. The van der Waals surface area contributed by atoms with Crippen molar-refractivity contribution in [1.82, 2.24) is 9.78 Å². The van der Waals surface area contributed by atoms with Crippen molar-refractivity contribution in [3.63, 3.8) is 0 Å². The highest BCUT2D eigenvalue weighted by Crippen LogP contribution is 2.31. The van der Waals surface area contributed by atoms with E-state index in [2.05, 4.69) is 10.4 Å². The Labute approximate surface area is 140 Å². The average molecular weight is 338 g/mol.